The molecule has 0 unspecified atom stereocenters. The average molecular weight is 1160 g/mol. The van der Waals surface area contributed by atoms with E-state index in [1.165, 1.54) is 60.1 Å². The van der Waals surface area contributed by atoms with Crippen LogP contribution in [0.3, 0.4) is 0 Å². The van der Waals surface area contributed by atoms with Crippen LogP contribution < -0.4 is 9.80 Å². The van der Waals surface area contributed by atoms with Crippen molar-refractivity contribution in [2.45, 2.75) is 0 Å². The lowest BCUT2D eigenvalue weighted by Gasteiger charge is -2.33. The minimum atomic E-state index is 0.901. The van der Waals surface area contributed by atoms with Crippen molar-refractivity contribution in [3.05, 3.63) is 352 Å². The molecule has 0 fully saturated rings. The average Bonchev–Trinajstić information content (AvgIpc) is 1.13. The number of anilines is 6. The van der Waals surface area contributed by atoms with E-state index in [-0.39, 0.29) is 0 Å². The van der Waals surface area contributed by atoms with Crippen LogP contribution in [0.1, 0.15) is 0 Å². The highest BCUT2D eigenvalue weighted by atomic mass is 16.3. The molecule has 3 nitrogen and oxygen atoms in total. The third-order valence-electron chi connectivity index (χ3n) is 18.3. The molecule has 16 aromatic carbocycles. The topological polar surface area (TPSA) is 19.6 Å². The number of nitrogens with zero attached hydrogens (tertiary/aromatic N) is 2. The number of para-hydroxylation sites is 5. The molecule has 0 N–H and O–H groups in total. The van der Waals surface area contributed by atoms with E-state index < -0.39 is 0 Å². The molecule has 0 saturated heterocycles. The van der Waals surface area contributed by atoms with Gasteiger partial charge in [0.25, 0.3) is 0 Å². The van der Waals surface area contributed by atoms with Crippen LogP contribution in [0.4, 0.5) is 34.1 Å². The molecule has 0 aliphatic carbocycles. The van der Waals surface area contributed by atoms with E-state index in [9.17, 15) is 0 Å². The summed E-state index contributed by atoms with van der Waals surface area (Å²) < 4.78 is 6.53. The van der Waals surface area contributed by atoms with Gasteiger partial charge in [0.15, 0.2) is 0 Å². The van der Waals surface area contributed by atoms with Crippen LogP contribution >= 0.6 is 0 Å². The van der Waals surface area contributed by atoms with E-state index in [0.717, 1.165) is 106 Å². The number of rotatable bonds is 12. The Hall–Kier alpha value is -12.0. The number of furan rings is 1. The van der Waals surface area contributed by atoms with Crippen LogP contribution in [-0.4, -0.2) is 0 Å². The predicted octanol–water partition coefficient (Wildman–Crippen LogP) is 25.1. The van der Waals surface area contributed by atoms with Gasteiger partial charge in [0.05, 0.1) is 22.7 Å². The molecule has 0 atom stereocenters. The lowest BCUT2D eigenvalue weighted by molar-refractivity contribution is 0.670. The Morgan fingerprint density at radius 2 is 0.637 bits per heavy atom. The fourth-order valence-electron chi connectivity index (χ4n) is 13.9. The van der Waals surface area contributed by atoms with Gasteiger partial charge >= 0.3 is 0 Å². The van der Waals surface area contributed by atoms with Crippen molar-refractivity contribution in [3.63, 3.8) is 0 Å². The van der Waals surface area contributed by atoms with Gasteiger partial charge in [0, 0.05) is 49.8 Å². The fourth-order valence-corrected chi connectivity index (χ4v) is 13.9. The van der Waals surface area contributed by atoms with Crippen LogP contribution in [0.2, 0.25) is 0 Å². The third-order valence-corrected chi connectivity index (χ3v) is 18.3. The largest absolute Gasteiger partial charge is 0.455 e. The van der Waals surface area contributed by atoms with E-state index in [0.29, 0.717) is 0 Å². The molecule has 0 bridgehead atoms. The van der Waals surface area contributed by atoms with Gasteiger partial charge in [-0.3, -0.25) is 0 Å². The molecule has 1 heterocycles. The third kappa shape index (κ3) is 9.47. The number of benzene rings is 16. The normalized spacial score (nSPS) is 11.5. The summed E-state index contributed by atoms with van der Waals surface area (Å²) >= 11 is 0. The molecule has 0 aliphatic heterocycles. The molecular weight excluding hydrogens is 1100 g/mol. The van der Waals surface area contributed by atoms with Gasteiger partial charge in [-0.15, -0.1) is 0 Å². The van der Waals surface area contributed by atoms with Crippen LogP contribution in [0.25, 0.3) is 132 Å². The summed E-state index contributed by atoms with van der Waals surface area (Å²) in [6.45, 7) is 0. The molecule has 91 heavy (non-hydrogen) atoms. The Bertz CT molecular complexity index is 5590. The smallest absolute Gasteiger partial charge is 0.143 e. The lowest BCUT2D eigenvalue weighted by atomic mass is 9.93. The van der Waals surface area contributed by atoms with E-state index in [1.54, 1.807) is 0 Å². The lowest BCUT2D eigenvalue weighted by Crippen LogP contribution is -2.14. The first-order valence-electron chi connectivity index (χ1n) is 31.2. The van der Waals surface area contributed by atoms with Crippen molar-refractivity contribution in [1.82, 2.24) is 0 Å². The van der Waals surface area contributed by atoms with Crippen molar-refractivity contribution in [3.8, 4) is 66.8 Å². The first-order valence-corrected chi connectivity index (χ1v) is 31.2. The summed E-state index contributed by atoms with van der Waals surface area (Å²) in [7, 11) is 0. The molecular formula is C88H58N2O. The van der Waals surface area contributed by atoms with E-state index in [2.05, 4.69) is 356 Å². The first kappa shape index (κ1) is 53.2. The highest BCUT2D eigenvalue weighted by Gasteiger charge is 2.26. The van der Waals surface area contributed by atoms with Crippen LogP contribution in [0.5, 0.6) is 0 Å². The zero-order valence-corrected chi connectivity index (χ0v) is 49.8. The second-order valence-corrected chi connectivity index (χ2v) is 23.5. The quantitative estimate of drug-likeness (QED) is 0.114. The minimum absolute atomic E-state index is 0.901. The minimum Gasteiger partial charge on any atom is -0.455 e. The second kappa shape index (κ2) is 22.6. The maximum absolute atomic E-state index is 6.53. The SMILES string of the molecule is c1ccc(-c2ccc(-c3ccccc3N(c3ccccc3-c3ccccc3N(c3ccc(-c4cccc5ccccc45)cc3)c3ccc4c(ccc5cc(-c6cccc7c6oc6ccccc67)ccc54)c3)c3ccc(-c4ccccc4)c4ccccc34)cc2)cc1. The predicted molar refractivity (Wildman–Crippen MR) is 386 cm³/mol. The molecule has 17 aromatic rings. The number of hydrogen-bond donors (Lipinski definition) is 0. The molecule has 1 aromatic heterocycles. The number of hydrogen-bond acceptors (Lipinski definition) is 3. The van der Waals surface area contributed by atoms with Crippen LogP contribution in [0.15, 0.2) is 356 Å². The van der Waals surface area contributed by atoms with Crippen molar-refractivity contribution in [2.75, 3.05) is 9.80 Å². The van der Waals surface area contributed by atoms with Gasteiger partial charge < -0.3 is 14.2 Å². The second-order valence-electron chi connectivity index (χ2n) is 23.5. The zero-order valence-electron chi connectivity index (χ0n) is 49.8. The van der Waals surface area contributed by atoms with Crippen molar-refractivity contribution < 1.29 is 4.42 Å². The van der Waals surface area contributed by atoms with Gasteiger partial charge in [0.2, 0.25) is 0 Å². The summed E-state index contributed by atoms with van der Waals surface area (Å²) in [5.41, 5.74) is 21.9. The Morgan fingerprint density at radius 3 is 1.38 bits per heavy atom. The van der Waals surface area contributed by atoms with Gasteiger partial charge in [-0.05, 0) is 143 Å². The maximum atomic E-state index is 6.53. The summed E-state index contributed by atoms with van der Waals surface area (Å²) in [6, 6.07) is 128. The molecule has 0 spiro atoms. The van der Waals surface area contributed by atoms with E-state index >= 15 is 0 Å². The van der Waals surface area contributed by atoms with Gasteiger partial charge in [-0.1, -0.05) is 291 Å². The summed E-state index contributed by atoms with van der Waals surface area (Å²) in [4.78, 5) is 4.97. The molecule has 0 radical (unpaired) electrons. The highest BCUT2D eigenvalue weighted by Crippen LogP contribution is 2.51. The molecule has 17 rings (SSSR count). The summed E-state index contributed by atoms with van der Waals surface area (Å²) in [5, 5.41) is 11.8. The first-order chi connectivity index (χ1) is 45.1. The van der Waals surface area contributed by atoms with Gasteiger partial charge in [0.1, 0.15) is 11.2 Å². The molecule has 0 saturated carbocycles. The molecule has 426 valence electrons. The van der Waals surface area contributed by atoms with Crippen LogP contribution in [-0.2, 0) is 0 Å². The Balaban J connectivity index is 0.843. The maximum Gasteiger partial charge on any atom is 0.143 e. The van der Waals surface area contributed by atoms with E-state index in [1.807, 2.05) is 6.07 Å². The molecule has 3 heteroatoms. The Morgan fingerprint density at radius 1 is 0.187 bits per heavy atom. The standard InChI is InChI=1S/C88H58N2O/c1-3-21-59(22-4-1)60-41-43-64(44-42-60)75-28-11-15-37-83(75)90(86-56-55-72(61-23-5-2-6-24-61)77-29-9-10-30-78(77)86)85-39-17-13-32-80(85)79-31-12-16-38-84(79)89(68-50-47-63(48-51-68)71-34-19-26-62-25-7-8-27-70(62)71)69-52-54-74-67(58-69)46-45-65-57-66(49-53-73(65)74)76-35-20-36-82-81-33-14-18-40-87(81)91-88(76)82/h1-58H. The van der Waals surface area contributed by atoms with Gasteiger partial charge in [-0.25, -0.2) is 0 Å². The van der Waals surface area contributed by atoms with Gasteiger partial charge in [-0.2, -0.15) is 0 Å². The molecule has 0 aliphatic rings. The fraction of sp³-hybridized carbons (Fsp3) is 0. The zero-order chi connectivity index (χ0) is 60.2. The van der Waals surface area contributed by atoms with Crippen LogP contribution in [0, 0.1) is 0 Å². The summed E-state index contributed by atoms with van der Waals surface area (Å²) in [5.74, 6) is 0. The Kier molecular flexibility index (Phi) is 13.2. The summed E-state index contributed by atoms with van der Waals surface area (Å²) in [6.07, 6.45) is 0. The van der Waals surface area contributed by atoms with Crippen molar-refractivity contribution in [1.29, 1.82) is 0 Å². The monoisotopic (exact) mass is 1160 g/mol. The van der Waals surface area contributed by atoms with Crippen molar-refractivity contribution >= 4 is 99.2 Å². The Labute approximate surface area is 528 Å². The number of fused-ring (bicyclic) bond motifs is 8. The van der Waals surface area contributed by atoms with E-state index in [4.69, 9.17) is 4.42 Å². The highest BCUT2D eigenvalue weighted by molar-refractivity contribution is 6.14. The molecule has 0 amide bonds. The van der Waals surface area contributed by atoms with Crippen molar-refractivity contribution in [2.24, 2.45) is 0 Å².